The van der Waals surface area contributed by atoms with E-state index in [2.05, 4.69) is 55.8 Å². The van der Waals surface area contributed by atoms with Gasteiger partial charge in [-0.3, -0.25) is 19.8 Å². The molecule has 1 aliphatic carbocycles. The molecule has 0 unspecified atom stereocenters. The Hall–Kier alpha value is -5.73. The standard InChI is InChI=1S/C47H53ClN8O9S2/c1-47(2)12-9-33(40(27-47)31-3-5-34(48)6-4-31)29-54-15-17-55(18-16-54)36-7-8-39(42(24-36)65-37-23-32-10-13-49-45(32)50-28-37)46(57)52-67(62,63)38-25-41(56(58)59)44-43(26-38)64-30-35(51-44)11-14-53-19-21-66(60,61)22-20-53/h3-8,10,13,23-26,28,35,51H,9,11-12,14-22,27,29-30H2,1-2H3,(H,49,50)(H,52,57)/t35-/m0/s1. The second-order valence-electron chi connectivity index (χ2n) is 18.5. The predicted octanol–water partition coefficient (Wildman–Crippen LogP) is 7.11. The number of H-pyrrole nitrogens is 1. The number of nitrogens with zero attached hydrogens (tertiary/aromatic N) is 5. The Morgan fingerprint density at radius 1 is 1.01 bits per heavy atom. The van der Waals surface area contributed by atoms with E-state index in [9.17, 15) is 31.7 Å². The van der Waals surface area contributed by atoms with Crippen molar-refractivity contribution in [1.29, 1.82) is 0 Å². The zero-order chi connectivity index (χ0) is 47.1. The van der Waals surface area contributed by atoms with Crippen molar-refractivity contribution < 1.29 is 36.0 Å². The lowest BCUT2D eigenvalue weighted by Crippen LogP contribution is -2.47. The predicted molar refractivity (Wildman–Crippen MR) is 258 cm³/mol. The maximum atomic E-state index is 14.1. The summed E-state index contributed by atoms with van der Waals surface area (Å²) in [6.07, 6.45) is 6.91. The summed E-state index contributed by atoms with van der Waals surface area (Å²) in [5.41, 5.74) is 5.09. The lowest BCUT2D eigenvalue weighted by Gasteiger charge is -2.39. The highest BCUT2D eigenvalue weighted by Crippen LogP contribution is 2.44. The van der Waals surface area contributed by atoms with Crippen LogP contribution in [-0.2, 0) is 19.9 Å². The summed E-state index contributed by atoms with van der Waals surface area (Å²) in [7, 11) is -7.74. The summed E-state index contributed by atoms with van der Waals surface area (Å²) < 4.78 is 65.9. The Balaban J connectivity index is 0.919. The van der Waals surface area contributed by atoms with Gasteiger partial charge in [-0.15, -0.1) is 0 Å². The van der Waals surface area contributed by atoms with E-state index in [-0.39, 0.29) is 52.3 Å². The number of sulfone groups is 1. The van der Waals surface area contributed by atoms with Crippen LogP contribution in [0.3, 0.4) is 0 Å². The molecular weight excluding hydrogens is 920 g/mol. The smallest absolute Gasteiger partial charge is 0.297 e. The second-order valence-corrected chi connectivity index (χ2v) is 22.9. The third-order valence-electron chi connectivity index (χ3n) is 13.2. The van der Waals surface area contributed by atoms with Crippen molar-refractivity contribution in [2.45, 2.75) is 50.5 Å². The van der Waals surface area contributed by atoms with E-state index in [1.54, 1.807) is 24.4 Å². The number of ether oxygens (including phenoxy) is 2. The number of benzene rings is 3. The Kier molecular flexibility index (Phi) is 13.0. The Labute approximate surface area is 394 Å². The summed E-state index contributed by atoms with van der Waals surface area (Å²) in [6, 6.07) is 18.4. The average Bonchev–Trinajstić information content (AvgIpc) is 3.77. The van der Waals surface area contributed by atoms with E-state index in [0.717, 1.165) is 67.1 Å². The molecule has 5 aromatic rings. The molecule has 5 heterocycles. The minimum Gasteiger partial charge on any atom is -0.489 e. The highest BCUT2D eigenvalue weighted by Gasteiger charge is 2.34. The Morgan fingerprint density at radius 2 is 1.78 bits per heavy atom. The minimum atomic E-state index is -4.70. The fraction of sp³-hybridized carbons (Fsp3) is 0.404. The van der Waals surface area contributed by atoms with Gasteiger partial charge >= 0.3 is 0 Å². The number of rotatable bonds is 13. The first-order valence-electron chi connectivity index (χ1n) is 22.4. The number of nitrogens with one attached hydrogen (secondary N) is 3. The van der Waals surface area contributed by atoms with Gasteiger partial charge in [-0.2, -0.15) is 0 Å². The maximum Gasteiger partial charge on any atom is 0.297 e. The number of pyridine rings is 1. The van der Waals surface area contributed by atoms with Crippen LogP contribution < -0.4 is 24.4 Å². The number of allylic oxidation sites excluding steroid dienone is 1. The summed E-state index contributed by atoms with van der Waals surface area (Å²) in [5, 5.41) is 17.0. The molecule has 2 aromatic heterocycles. The van der Waals surface area contributed by atoms with Crippen LogP contribution in [0.5, 0.6) is 17.2 Å². The molecule has 3 aromatic carbocycles. The van der Waals surface area contributed by atoms with Gasteiger partial charge in [0.1, 0.15) is 23.8 Å². The molecule has 3 aliphatic heterocycles. The van der Waals surface area contributed by atoms with Crippen LogP contribution in [0, 0.1) is 15.5 Å². The number of carbonyl (C=O) groups excluding carboxylic acids is 1. The van der Waals surface area contributed by atoms with E-state index >= 15 is 0 Å². The van der Waals surface area contributed by atoms with Gasteiger partial charge in [0.15, 0.2) is 21.3 Å². The molecule has 1 amide bonds. The molecule has 4 aliphatic rings. The van der Waals surface area contributed by atoms with Crippen molar-refractivity contribution in [3.63, 3.8) is 0 Å². The molecule has 0 saturated carbocycles. The van der Waals surface area contributed by atoms with Gasteiger partial charge in [0.05, 0.1) is 39.1 Å². The molecule has 0 radical (unpaired) electrons. The largest absolute Gasteiger partial charge is 0.489 e. The Bertz CT molecular complexity index is 2960. The first-order chi connectivity index (χ1) is 32.0. The second kappa shape index (κ2) is 18.7. The Morgan fingerprint density at radius 3 is 2.52 bits per heavy atom. The summed E-state index contributed by atoms with van der Waals surface area (Å²) in [4.78, 5) is 39.3. The van der Waals surface area contributed by atoms with Gasteiger partial charge in [0, 0.05) is 92.9 Å². The number of piperazine rings is 1. The fourth-order valence-electron chi connectivity index (χ4n) is 9.25. The van der Waals surface area contributed by atoms with E-state index in [4.69, 9.17) is 21.1 Å². The zero-order valence-electron chi connectivity index (χ0n) is 37.3. The first-order valence-corrected chi connectivity index (χ1v) is 26.1. The van der Waals surface area contributed by atoms with Crippen molar-refractivity contribution in [3.05, 3.63) is 111 Å². The van der Waals surface area contributed by atoms with Gasteiger partial charge in [-0.1, -0.05) is 43.2 Å². The summed E-state index contributed by atoms with van der Waals surface area (Å²) >= 11 is 6.25. The highest BCUT2D eigenvalue weighted by molar-refractivity contribution is 7.91. The van der Waals surface area contributed by atoms with Crippen LogP contribution in [0.25, 0.3) is 16.6 Å². The molecule has 2 saturated heterocycles. The van der Waals surface area contributed by atoms with E-state index in [1.807, 2.05) is 23.1 Å². The minimum absolute atomic E-state index is 0.0191. The van der Waals surface area contributed by atoms with E-state index in [0.29, 0.717) is 50.5 Å². The molecule has 9 rings (SSSR count). The van der Waals surface area contributed by atoms with E-state index in [1.165, 1.54) is 29.0 Å². The van der Waals surface area contributed by atoms with Gasteiger partial charge in [-0.05, 0) is 78.6 Å². The quantitative estimate of drug-likeness (QED) is 0.0794. The number of sulfonamides is 1. The molecular formula is C47H53ClN8O9S2. The van der Waals surface area contributed by atoms with Crippen molar-refractivity contribution in [2.24, 2.45) is 5.41 Å². The molecule has 354 valence electrons. The number of nitro benzene ring substituents is 1. The number of fused-ring (bicyclic) bond motifs is 2. The molecule has 2 fully saturated rings. The van der Waals surface area contributed by atoms with Crippen molar-refractivity contribution in [2.75, 3.05) is 80.7 Å². The van der Waals surface area contributed by atoms with Crippen LogP contribution >= 0.6 is 11.6 Å². The molecule has 3 N–H and O–H groups in total. The van der Waals surface area contributed by atoms with Gasteiger partial charge < -0.3 is 29.6 Å². The summed E-state index contributed by atoms with van der Waals surface area (Å²) in [6.45, 7) is 9.94. The van der Waals surface area contributed by atoms with Gasteiger partial charge in [0.2, 0.25) is 0 Å². The number of halogens is 1. The third-order valence-corrected chi connectivity index (χ3v) is 16.3. The molecule has 1 atom stereocenters. The molecule has 20 heteroatoms. The fourth-order valence-corrected chi connectivity index (χ4v) is 11.7. The number of anilines is 2. The van der Waals surface area contributed by atoms with Crippen LogP contribution in [0.4, 0.5) is 17.1 Å². The van der Waals surface area contributed by atoms with Crippen LogP contribution in [0.1, 0.15) is 55.5 Å². The summed E-state index contributed by atoms with van der Waals surface area (Å²) in [5.74, 6) is -0.487. The SMILES string of the molecule is CC1(C)CCC(CN2CCN(c3ccc(C(=O)NS(=O)(=O)c4cc5c(c([N+](=O)[O-])c4)N[C@@H](CCN4CCS(=O)(=O)CC4)CO5)c(Oc4cnc5[nH]ccc5c4)c3)CC2)=C(c2ccc(Cl)cc2)C1. The van der Waals surface area contributed by atoms with Crippen molar-refractivity contribution in [1.82, 2.24) is 24.5 Å². The molecule has 67 heavy (non-hydrogen) atoms. The van der Waals surface area contributed by atoms with Gasteiger partial charge in [-0.25, -0.2) is 26.5 Å². The van der Waals surface area contributed by atoms with Crippen molar-refractivity contribution >= 4 is 71.0 Å². The first kappa shape index (κ1) is 46.4. The van der Waals surface area contributed by atoms with Crippen LogP contribution in [-0.4, -0.2) is 124 Å². The topological polar surface area (TPSA) is 209 Å². The van der Waals surface area contributed by atoms with E-state index < -0.39 is 41.3 Å². The molecule has 0 bridgehead atoms. The third kappa shape index (κ3) is 10.7. The number of hydrogen-bond acceptors (Lipinski definition) is 14. The number of amides is 1. The van der Waals surface area contributed by atoms with Crippen LogP contribution in [0.15, 0.2) is 89.6 Å². The molecule has 17 nitrogen and oxygen atoms in total. The highest BCUT2D eigenvalue weighted by atomic mass is 35.5. The number of nitro groups is 1. The lowest BCUT2D eigenvalue weighted by molar-refractivity contribution is -0.384. The zero-order valence-corrected chi connectivity index (χ0v) is 39.7. The van der Waals surface area contributed by atoms with Crippen LogP contribution in [0.2, 0.25) is 5.02 Å². The average molecular weight is 974 g/mol. The molecule has 0 spiro atoms. The monoisotopic (exact) mass is 972 g/mol. The normalized spacial score (nSPS) is 19.9. The lowest BCUT2D eigenvalue weighted by atomic mass is 9.72. The number of carbonyl (C=O) groups is 1. The number of aromatic amines is 1. The number of aromatic nitrogens is 2. The number of hydrogen-bond donors (Lipinski definition) is 3. The maximum absolute atomic E-state index is 14.1. The van der Waals surface area contributed by atoms with Crippen molar-refractivity contribution in [3.8, 4) is 17.2 Å². The van der Waals surface area contributed by atoms with Gasteiger partial charge in [0.25, 0.3) is 21.6 Å².